The van der Waals surface area contributed by atoms with Gasteiger partial charge in [-0.2, -0.15) is 0 Å². The molecular weight excluding hydrogens is 286 g/mol. The number of nitrogens with zero attached hydrogens (tertiary/aromatic N) is 1. The van der Waals surface area contributed by atoms with Crippen molar-refractivity contribution in [1.82, 2.24) is 4.98 Å². The summed E-state index contributed by atoms with van der Waals surface area (Å²) in [4.78, 5) is 4.67. The highest BCUT2D eigenvalue weighted by atomic mass is 79.9. The first-order valence-electron chi connectivity index (χ1n) is 5.86. The number of aryl methyl sites for hydroxylation is 1. The minimum atomic E-state index is 1.04. The Morgan fingerprint density at radius 1 is 0.944 bits per heavy atom. The molecule has 0 bridgehead atoms. The van der Waals surface area contributed by atoms with Gasteiger partial charge in [0.2, 0.25) is 0 Å². The molecule has 2 aromatic carbocycles. The number of hydrogen-bond donors (Lipinski definition) is 0. The van der Waals surface area contributed by atoms with Gasteiger partial charge in [-0.05, 0) is 36.8 Å². The Labute approximate surface area is 115 Å². The van der Waals surface area contributed by atoms with Crippen molar-refractivity contribution in [2.24, 2.45) is 0 Å². The van der Waals surface area contributed by atoms with Crippen LogP contribution in [-0.4, -0.2) is 4.98 Å². The Morgan fingerprint density at radius 2 is 1.72 bits per heavy atom. The van der Waals surface area contributed by atoms with Crippen molar-refractivity contribution in [3.63, 3.8) is 0 Å². The van der Waals surface area contributed by atoms with E-state index in [-0.39, 0.29) is 0 Å². The molecule has 0 aliphatic carbocycles. The SMILES string of the molecule is Cc1nc2ccc(Br)cc2cc1-c1ccccc1. The molecule has 0 atom stereocenters. The van der Waals surface area contributed by atoms with Crippen LogP contribution in [-0.2, 0) is 0 Å². The smallest absolute Gasteiger partial charge is 0.0706 e. The van der Waals surface area contributed by atoms with Crippen molar-refractivity contribution in [2.75, 3.05) is 0 Å². The molecule has 0 aliphatic rings. The highest BCUT2D eigenvalue weighted by Gasteiger charge is 2.05. The molecule has 0 aliphatic heterocycles. The second-order valence-electron chi connectivity index (χ2n) is 4.32. The molecule has 3 aromatic rings. The summed E-state index contributed by atoms with van der Waals surface area (Å²) in [5.41, 5.74) is 4.51. The third kappa shape index (κ3) is 2.04. The maximum Gasteiger partial charge on any atom is 0.0706 e. The molecule has 0 fully saturated rings. The molecule has 1 nitrogen and oxygen atoms in total. The Hall–Kier alpha value is -1.67. The fraction of sp³-hybridized carbons (Fsp3) is 0.0625. The number of fused-ring (bicyclic) bond motifs is 1. The van der Waals surface area contributed by atoms with E-state index in [1.165, 1.54) is 11.1 Å². The normalized spacial score (nSPS) is 10.8. The lowest BCUT2D eigenvalue weighted by molar-refractivity contribution is 1.26. The Balaban J connectivity index is 2.27. The second-order valence-corrected chi connectivity index (χ2v) is 5.24. The molecular formula is C16H12BrN. The van der Waals surface area contributed by atoms with Gasteiger partial charge in [0.1, 0.15) is 0 Å². The number of rotatable bonds is 1. The number of hydrogen-bond acceptors (Lipinski definition) is 1. The van der Waals surface area contributed by atoms with Gasteiger partial charge in [0.15, 0.2) is 0 Å². The topological polar surface area (TPSA) is 12.9 Å². The van der Waals surface area contributed by atoms with Gasteiger partial charge in [0.25, 0.3) is 0 Å². The van der Waals surface area contributed by atoms with Crippen LogP contribution >= 0.6 is 15.9 Å². The predicted molar refractivity (Wildman–Crippen MR) is 79.6 cm³/mol. The van der Waals surface area contributed by atoms with Gasteiger partial charge in [-0.25, -0.2) is 0 Å². The molecule has 1 heterocycles. The molecule has 2 heteroatoms. The molecule has 0 spiro atoms. The molecule has 88 valence electrons. The van der Waals surface area contributed by atoms with E-state index >= 15 is 0 Å². The monoisotopic (exact) mass is 297 g/mol. The molecule has 0 radical (unpaired) electrons. The molecule has 1 aromatic heterocycles. The third-order valence-electron chi connectivity index (χ3n) is 3.05. The van der Waals surface area contributed by atoms with Crippen molar-refractivity contribution in [3.8, 4) is 11.1 Å². The zero-order chi connectivity index (χ0) is 12.5. The van der Waals surface area contributed by atoms with E-state index < -0.39 is 0 Å². The summed E-state index contributed by atoms with van der Waals surface area (Å²) < 4.78 is 1.08. The van der Waals surface area contributed by atoms with Crippen LogP contribution in [0.4, 0.5) is 0 Å². The van der Waals surface area contributed by atoms with E-state index in [2.05, 4.69) is 64.2 Å². The third-order valence-corrected chi connectivity index (χ3v) is 3.55. The van der Waals surface area contributed by atoms with Crippen molar-refractivity contribution in [3.05, 3.63) is 64.8 Å². The predicted octanol–water partition coefficient (Wildman–Crippen LogP) is 4.97. The van der Waals surface area contributed by atoms with Gasteiger partial charge >= 0.3 is 0 Å². The molecule has 0 N–H and O–H groups in total. The van der Waals surface area contributed by atoms with E-state index in [0.717, 1.165) is 21.1 Å². The van der Waals surface area contributed by atoms with Gasteiger partial charge in [-0.1, -0.05) is 46.3 Å². The number of aromatic nitrogens is 1. The van der Waals surface area contributed by atoms with Crippen LogP contribution < -0.4 is 0 Å². The summed E-state index contributed by atoms with van der Waals surface area (Å²) in [6, 6.07) is 18.8. The highest BCUT2D eigenvalue weighted by molar-refractivity contribution is 9.10. The Morgan fingerprint density at radius 3 is 2.50 bits per heavy atom. The maximum absolute atomic E-state index is 4.67. The second kappa shape index (κ2) is 4.54. The molecule has 3 rings (SSSR count). The zero-order valence-corrected chi connectivity index (χ0v) is 11.6. The quantitative estimate of drug-likeness (QED) is 0.618. The van der Waals surface area contributed by atoms with Crippen molar-refractivity contribution < 1.29 is 0 Å². The van der Waals surface area contributed by atoms with Crippen LogP contribution in [0.3, 0.4) is 0 Å². The van der Waals surface area contributed by atoms with Gasteiger partial charge in [0.05, 0.1) is 5.52 Å². The minimum absolute atomic E-state index is 1.04. The summed E-state index contributed by atoms with van der Waals surface area (Å²) in [5.74, 6) is 0. The van der Waals surface area contributed by atoms with E-state index in [1.54, 1.807) is 0 Å². The summed E-state index contributed by atoms with van der Waals surface area (Å²) in [7, 11) is 0. The van der Waals surface area contributed by atoms with Crippen LogP contribution in [0.1, 0.15) is 5.69 Å². The molecule has 0 amide bonds. The fourth-order valence-electron chi connectivity index (χ4n) is 2.15. The summed E-state index contributed by atoms with van der Waals surface area (Å²) in [6.07, 6.45) is 0. The zero-order valence-electron chi connectivity index (χ0n) is 10.0. The largest absolute Gasteiger partial charge is 0.252 e. The van der Waals surface area contributed by atoms with E-state index in [9.17, 15) is 0 Å². The van der Waals surface area contributed by atoms with Crippen molar-refractivity contribution >= 4 is 26.8 Å². The first-order valence-corrected chi connectivity index (χ1v) is 6.66. The van der Waals surface area contributed by atoms with Gasteiger partial charge < -0.3 is 0 Å². The summed E-state index contributed by atoms with van der Waals surface area (Å²) in [6.45, 7) is 2.06. The van der Waals surface area contributed by atoms with E-state index in [1.807, 2.05) is 18.2 Å². The van der Waals surface area contributed by atoms with Gasteiger partial charge in [0, 0.05) is 21.1 Å². The van der Waals surface area contributed by atoms with E-state index in [0.29, 0.717) is 0 Å². The lowest BCUT2D eigenvalue weighted by atomic mass is 10.0. The average molecular weight is 298 g/mol. The molecule has 0 unspecified atom stereocenters. The van der Waals surface area contributed by atoms with E-state index in [4.69, 9.17) is 0 Å². The first kappa shape index (κ1) is 11.4. The van der Waals surface area contributed by atoms with Gasteiger partial charge in [-0.3, -0.25) is 4.98 Å². The summed E-state index contributed by atoms with van der Waals surface area (Å²) in [5, 5.41) is 1.16. The lowest BCUT2D eigenvalue weighted by Crippen LogP contribution is -1.89. The lowest BCUT2D eigenvalue weighted by Gasteiger charge is -2.08. The minimum Gasteiger partial charge on any atom is -0.252 e. The fourth-order valence-corrected chi connectivity index (χ4v) is 2.53. The number of halogens is 1. The number of benzene rings is 2. The Kier molecular flexibility index (Phi) is 2.88. The summed E-state index contributed by atoms with van der Waals surface area (Å²) >= 11 is 3.50. The molecule has 0 saturated heterocycles. The highest BCUT2D eigenvalue weighted by Crippen LogP contribution is 2.27. The van der Waals surface area contributed by atoms with Crippen molar-refractivity contribution in [1.29, 1.82) is 0 Å². The Bertz CT molecular complexity index is 705. The van der Waals surface area contributed by atoms with Crippen LogP contribution in [0.15, 0.2) is 59.1 Å². The van der Waals surface area contributed by atoms with Crippen LogP contribution in [0.2, 0.25) is 0 Å². The van der Waals surface area contributed by atoms with Gasteiger partial charge in [-0.15, -0.1) is 0 Å². The van der Waals surface area contributed by atoms with Crippen LogP contribution in [0.25, 0.3) is 22.0 Å². The van der Waals surface area contributed by atoms with Crippen LogP contribution in [0.5, 0.6) is 0 Å². The first-order chi connectivity index (χ1) is 8.74. The van der Waals surface area contributed by atoms with Crippen LogP contribution in [0, 0.1) is 6.92 Å². The average Bonchev–Trinajstić information content (AvgIpc) is 2.39. The standard InChI is InChI=1S/C16H12BrN/c1-11-15(12-5-3-2-4-6-12)10-13-9-14(17)7-8-16(13)18-11/h2-10H,1H3. The molecule has 18 heavy (non-hydrogen) atoms. The maximum atomic E-state index is 4.67. The number of pyridine rings is 1. The van der Waals surface area contributed by atoms with Crippen molar-refractivity contribution in [2.45, 2.75) is 6.92 Å². The molecule has 0 saturated carbocycles.